The van der Waals surface area contributed by atoms with Crippen LogP contribution in [0.5, 0.6) is 0 Å². The smallest absolute Gasteiger partial charge is 0.158 e. The van der Waals surface area contributed by atoms with E-state index in [1.54, 1.807) is 7.11 Å². The van der Waals surface area contributed by atoms with Crippen molar-refractivity contribution in [2.45, 2.75) is 57.7 Å². The van der Waals surface area contributed by atoms with Crippen LogP contribution in [0.15, 0.2) is 12.3 Å². The Morgan fingerprint density at radius 1 is 1.67 bits per heavy atom. The molecule has 18 heavy (non-hydrogen) atoms. The third kappa shape index (κ3) is 2.93. The predicted molar refractivity (Wildman–Crippen MR) is 73.2 cm³/mol. The summed E-state index contributed by atoms with van der Waals surface area (Å²) in [6.07, 6.45) is 6.33. The fourth-order valence-electron chi connectivity index (χ4n) is 2.71. The summed E-state index contributed by atoms with van der Waals surface area (Å²) in [5.74, 6) is 0.222. The lowest BCUT2D eigenvalue weighted by Crippen LogP contribution is -2.58. The van der Waals surface area contributed by atoms with Crippen molar-refractivity contribution < 1.29 is 9.53 Å². The summed E-state index contributed by atoms with van der Waals surface area (Å²) in [6.45, 7) is 6.81. The van der Waals surface area contributed by atoms with Gasteiger partial charge >= 0.3 is 0 Å². The van der Waals surface area contributed by atoms with E-state index < -0.39 is 5.60 Å². The molecule has 1 rings (SSSR count). The summed E-state index contributed by atoms with van der Waals surface area (Å²) in [5.41, 5.74) is 5.90. The van der Waals surface area contributed by atoms with Gasteiger partial charge in [0.1, 0.15) is 6.04 Å². The van der Waals surface area contributed by atoms with Gasteiger partial charge in [-0.1, -0.05) is 19.4 Å². The summed E-state index contributed by atoms with van der Waals surface area (Å²) in [6, 6.07) is -0.550. The normalized spacial score (nSPS) is 25.7. The van der Waals surface area contributed by atoms with Crippen molar-refractivity contribution in [3.63, 3.8) is 0 Å². The standard InChI is InChI=1S/C14H26N2O2/c1-5-8-14(3,18-4)13(15)12-11(17)7-10-16(12)9-6-2/h6,9,12-13H,5,7-8,10,15H2,1-4H3/t12-,13+,14-/m0/s1. The zero-order valence-electron chi connectivity index (χ0n) is 12.0. The molecular formula is C14H26N2O2. The van der Waals surface area contributed by atoms with Crippen molar-refractivity contribution in [1.29, 1.82) is 0 Å². The number of hydrogen-bond donors (Lipinski definition) is 1. The highest BCUT2D eigenvalue weighted by Gasteiger charge is 2.44. The van der Waals surface area contributed by atoms with Gasteiger partial charge < -0.3 is 15.4 Å². The molecule has 0 aromatic heterocycles. The topological polar surface area (TPSA) is 55.6 Å². The van der Waals surface area contributed by atoms with E-state index in [0.29, 0.717) is 6.42 Å². The van der Waals surface area contributed by atoms with E-state index >= 15 is 0 Å². The number of ether oxygens (including phenoxy) is 1. The van der Waals surface area contributed by atoms with Crippen LogP contribution in [-0.4, -0.2) is 42.0 Å². The molecule has 1 fully saturated rings. The number of hydrogen-bond acceptors (Lipinski definition) is 4. The van der Waals surface area contributed by atoms with Crippen molar-refractivity contribution in [1.82, 2.24) is 4.90 Å². The molecule has 0 bridgehead atoms. The Balaban J connectivity index is 2.91. The van der Waals surface area contributed by atoms with Gasteiger partial charge in [-0.25, -0.2) is 0 Å². The molecule has 0 aliphatic carbocycles. The van der Waals surface area contributed by atoms with Gasteiger partial charge in [-0.15, -0.1) is 0 Å². The summed E-state index contributed by atoms with van der Waals surface area (Å²) in [5, 5.41) is 0. The van der Waals surface area contributed by atoms with Crippen LogP contribution in [0.4, 0.5) is 0 Å². The monoisotopic (exact) mass is 254 g/mol. The molecule has 0 aromatic rings. The Labute approximate surface area is 110 Å². The summed E-state index contributed by atoms with van der Waals surface area (Å²) >= 11 is 0. The molecular weight excluding hydrogens is 228 g/mol. The second-order valence-electron chi connectivity index (χ2n) is 5.17. The molecule has 3 atom stereocenters. The fourth-order valence-corrected chi connectivity index (χ4v) is 2.71. The average molecular weight is 254 g/mol. The van der Waals surface area contributed by atoms with Crippen LogP contribution in [0.25, 0.3) is 0 Å². The van der Waals surface area contributed by atoms with E-state index in [1.165, 1.54) is 0 Å². The van der Waals surface area contributed by atoms with Crippen molar-refractivity contribution >= 4 is 5.78 Å². The number of rotatable bonds is 6. The molecule has 0 amide bonds. The second kappa shape index (κ2) is 6.34. The predicted octanol–water partition coefficient (Wildman–Crippen LogP) is 1.70. The van der Waals surface area contributed by atoms with Gasteiger partial charge in [-0.3, -0.25) is 4.79 Å². The van der Waals surface area contributed by atoms with Gasteiger partial charge in [0, 0.05) is 20.1 Å². The summed E-state index contributed by atoms with van der Waals surface area (Å²) in [4.78, 5) is 14.1. The fraction of sp³-hybridized carbons (Fsp3) is 0.786. The third-order valence-corrected chi connectivity index (χ3v) is 3.90. The first-order valence-electron chi connectivity index (χ1n) is 6.72. The molecule has 1 aliphatic heterocycles. The Hall–Kier alpha value is -0.870. The van der Waals surface area contributed by atoms with Gasteiger partial charge in [0.2, 0.25) is 0 Å². The van der Waals surface area contributed by atoms with Crippen molar-refractivity contribution in [2.75, 3.05) is 13.7 Å². The Morgan fingerprint density at radius 2 is 2.33 bits per heavy atom. The Kier molecular flexibility index (Phi) is 5.35. The molecule has 1 heterocycles. The first-order chi connectivity index (χ1) is 8.50. The van der Waals surface area contributed by atoms with E-state index in [4.69, 9.17) is 10.5 Å². The SMILES string of the molecule is CC=CN1CCC(=O)[C@H]1[C@@H](N)[C@](C)(CCC)OC. The zero-order valence-corrected chi connectivity index (χ0v) is 12.0. The van der Waals surface area contributed by atoms with E-state index in [9.17, 15) is 4.79 Å². The number of methoxy groups -OCH3 is 1. The molecule has 0 aromatic carbocycles. The van der Waals surface area contributed by atoms with E-state index in [1.807, 2.05) is 31.0 Å². The lowest BCUT2D eigenvalue weighted by atomic mass is 9.85. The highest BCUT2D eigenvalue weighted by atomic mass is 16.5. The van der Waals surface area contributed by atoms with Gasteiger partial charge in [-0.05, 0) is 26.5 Å². The largest absolute Gasteiger partial charge is 0.377 e. The molecule has 1 saturated heterocycles. The highest BCUT2D eigenvalue weighted by molar-refractivity contribution is 5.87. The number of Topliss-reactive ketones (excluding diaryl/α,β-unsaturated/α-hetero) is 1. The molecule has 0 radical (unpaired) electrons. The molecule has 0 saturated carbocycles. The van der Waals surface area contributed by atoms with E-state index in [0.717, 1.165) is 19.4 Å². The number of ketones is 1. The van der Waals surface area contributed by atoms with Crippen LogP contribution in [0, 0.1) is 0 Å². The Bertz CT molecular complexity index is 317. The van der Waals surface area contributed by atoms with E-state index in [-0.39, 0.29) is 17.9 Å². The van der Waals surface area contributed by atoms with Crippen molar-refractivity contribution in [3.05, 3.63) is 12.3 Å². The molecule has 104 valence electrons. The maximum atomic E-state index is 12.1. The number of carbonyl (C=O) groups is 1. The van der Waals surface area contributed by atoms with Crippen LogP contribution < -0.4 is 5.73 Å². The minimum Gasteiger partial charge on any atom is -0.377 e. The number of allylic oxidation sites excluding steroid dienone is 1. The molecule has 0 spiro atoms. The van der Waals surface area contributed by atoms with Crippen LogP contribution in [0.2, 0.25) is 0 Å². The number of likely N-dealkylation sites (tertiary alicyclic amines) is 1. The minimum absolute atomic E-state index is 0.222. The van der Waals surface area contributed by atoms with Gasteiger partial charge in [0.05, 0.1) is 11.6 Å². The quantitative estimate of drug-likeness (QED) is 0.784. The van der Waals surface area contributed by atoms with Gasteiger partial charge in [-0.2, -0.15) is 0 Å². The molecule has 4 nitrogen and oxygen atoms in total. The maximum absolute atomic E-state index is 12.1. The lowest BCUT2D eigenvalue weighted by Gasteiger charge is -2.39. The lowest BCUT2D eigenvalue weighted by molar-refractivity contribution is -0.123. The second-order valence-corrected chi connectivity index (χ2v) is 5.17. The Morgan fingerprint density at radius 3 is 2.83 bits per heavy atom. The number of nitrogens with two attached hydrogens (primary N) is 1. The van der Waals surface area contributed by atoms with E-state index in [2.05, 4.69) is 6.92 Å². The highest BCUT2D eigenvalue weighted by Crippen LogP contribution is 2.28. The van der Waals surface area contributed by atoms with Crippen LogP contribution in [0.3, 0.4) is 0 Å². The molecule has 1 aliphatic rings. The minimum atomic E-state index is -0.445. The van der Waals surface area contributed by atoms with Crippen LogP contribution >= 0.6 is 0 Å². The van der Waals surface area contributed by atoms with Crippen molar-refractivity contribution in [2.24, 2.45) is 5.73 Å². The summed E-state index contributed by atoms with van der Waals surface area (Å²) in [7, 11) is 1.68. The maximum Gasteiger partial charge on any atom is 0.158 e. The van der Waals surface area contributed by atoms with Crippen LogP contribution in [-0.2, 0) is 9.53 Å². The first kappa shape index (κ1) is 15.2. The van der Waals surface area contributed by atoms with Crippen LogP contribution in [0.1, 0.15) is 40.0 Å². The van der Waals surface area contributed by atoms with Gasteiger partial charge in [0.15, 0.2) is 5.78 Å². The molecule has 4 heteroatoms. The molecule has 2 N–H and O–H groups in total. The molecule has 0 unspecified atom stereocenters. The third-order valence-electron chi connectivity index (χ3n) is 3.90. The summed E-state index contributed by atoms with van der Waals surface area (Å²) < 4.78 is 5.60. The number of carbonyl (C=O) groups excluding carboxylic acids is 1. The number of nitrogens with zero attached hydrogens (tertiary/aromatic N) is 1. The van der Waals surface area contributed by atoms with Gasteiger partial charge in [0.25, 0.3) is 0 Å². The first-order valence-corrected chi connectivity index (χ1v) is 6.72. The average Bonchev–Trinajstić information content (AvgIpc) is 2.70. The zero-order chi connectivity index (χ0) is 13.8. The van der Waals surface area contributed by atoms with Crippen molar-refractivity contribution in [3.8, 4) is 0 Å².